The van der Waals surface area contributed by atoms with E-state index in [-0.39, 0.29) is 5.91 Å². The second-order valence-electron chi connectivity index (χ2n) is 5.47. The molecule has 0 atom stereocenters. The molecule has 5 nitrogen and oxygen atoms in total. The van der Waals surface area contributed by atoms with Gasteiger partial charge in [-0.1, -0.05) is 24.3 Å². The van der Waals surface area contributed by atoms with Crippen molar-refractivity contribution in [3.05, 3.63) is 54.1 Å². The van der Waals surface area contributed by atoms with Gasteiger partial charge in [-0.15, -0.1) is 0 Å². The lowest BCUT2D eigenvalue weighted by molar-refractivity contribution is -0.116. The van der Waals surface area contributed by atoms with Crippen molar-refractivity contribution in [1.82, 2.24) is 0 Å². The van der Waals surface area contributed by atoms with Gasteiger partial charge in [-0.2, -0.15) is 0 Å². The lowest BCUT2D eigenvalue weighted by Gasteiger charge is -2.09. The fraction of sp³-hybridized carbons (Fsp3) is 0.316. The number of para-hydroxylation sites is 1. The molecule has 0 unspecified atom stereocenters. The first kappa shape index (κ1) is 17.8. The van der Waals surface area contributed by atoms with Gasteiger partial charge in [0, 0.05) is 44.0 Å². The van der Waals surface area contributed by atoms with Crippen LogP contribution in [0.3, 0.4) is 0 Å². The summed E-state index contributed by atoms with van der Waals surface area (Å²) in [4.78, 5) is 12.1. The molecule has 0 saturated heterocycles. The summed E-state index contributed by atoms with van der Waals surface area (Å²) in [7, 11) is 1.67. The monoisotopic (exact) mass is 328 g/mol. The van der Waals surface area contributed by atoms with Crippen molar-refractivity contribution in [3.63, 3.8) is 0 Å². The number of aryl methyl sites for hydroxylation is 1. The third-order valence-corrected chi connectivity index (χ3v) is 3.56. The molecule has 0 aliphatic rings. The van der Waals surface area contributed by atoms with Crippen LogP contribution >= 0.6 is 0 Å². The topological polar surface area (TPSA) is 73.6 Å². The molecule has 24 heavy (non-hydrogen) atoms. The van der Waals surface area contributed by atoms with E-state index in [1.165, 1.54) is 0 Å². The zero-order valence-electron chi connectivity index (χ0n) is 14.0. The van der Waals surface area contributed by atoms with Crippen molar-refractivity contribution in [1.29, 1.82) is 0 Å². The predicted octanol–water partition coefficient (Wildman–Crippen LogP) is 3.26. The van der Waals surface area contributed by atoms with Crippen molar-refractivity contribution >= 4 is 17.3 Å². The molecule has 0 bridgehead atoms. The van der Waals surface area contributed by atoms with E-state index in [4.69, 9.17) is 15.2 Å². The largest absolute Gasteiger partial charge is 0.493 e. The normalized spacial score (nSPS) is 10.4. The second-order valence-corrected chi connectivity index (χ2v) is 5.47. The molecule has 0 saturated carbocycles. The zero-order valence-corrected chi connectivity index (χ0v) is 14.0. The van der Waals surface area contributed by atoms with Gasteiger partial charge < -0.3 is 20.5 Å². The summed E-state index contributed by atoms with van der Waals surface area (Å²) in [5.74, 6) is 0.686. The van der Waals surface area contributed by atoms with Crippen LogP contribution in [-0.2, 0) is 16.0 Å². The number of nitrogens with one attached hydrogen (secondary N) is 1. The molecule has 2 aromatic rings. The quantitative estimate of drug-likeness (QED) is 0.547. The van der Waals surface area contributed by atoms with Crippen molar-refractivity contribution in [2.24, 2.45) is 0 Å². The SMILES string of the molecule is COCCCOc1cccc(NC(=O)CCc2ccccc2N)c1. The van der Waals surface area contributed by atoms with E-state index in [0.29, 0.717) is 26.1 Å². The Labute approximate surface area is 142 Å². The lowest BCUT2D eigenvalue weighted by atomic mass is 10.1. The standard InChI is InChI=1S/C19H24N2O3/c1-23-12-5-13-24-17-8-4-7-16(14-17)21-19(22)11-10-15-6-2-3-9-18(15)20/h2-4,6-9,14H,5,10-13,20H2,1H3,(H,21,22). The first-order valence-electron chi connectivity index (χ1n) is 8.04. The fourth-order valence-electron chi connectivity index (χ4n) is 2.29. The molecule has 5 heteroatoms. The van der Waals surface area contributed by atoms with E-state index in [1.807, 2.05) is 48.5 Å². The Morgan fingerprint density at radius 3 is 2.75 bits per heavy atom. The summed E-state index contributed by atoms with van der Waals surface area (Å²) >= 11 is 0. The maximum absolute atomic E-state index is 12.1. The average molecular weight is 328 g/mol. The Hall–Kier alpha value is -2.53. The summed E-state index contributed by atoms with van der Waals surface area (Å²) in [6, 6.07) is 15.0. The summed E-state index contributed by atoms with van der Waals surface area (Å²) in [6.45, 7) is 1.25. The van der Waals surface area contributed by atoms with Crippen molar-refractivity contribution < 1.29 is 14.3 Å². The maximum Gasteiger partial charge on any atom is 0.224 e. The van der Waals surface area contributed by atoms with Crippen LogP contribution in [0.2, 0.25) is 0 Å². The number of benzene rings is 2. The number of anilines is 2. The number of nitrogen functional groups attached to an aromatic ring is 1. The van der Waals surface area contributed by atoms with Gasteiger partial charge in [0.15, 0.2) is 0 Å². The Kier molecular flexibility index (Phi) is 7.11. The smallest absolute Gasteiger partial charge is 0.224 e. The van der Waals surface area contributed by atoms with Gasteiger partial charge in [0.25, 0.3) is 0 Å². The van der Waals surface area contributed by atoms with Gasteiger partial charge in [-0.05, 0) is 30.2 Å². The second kappa shape index (κ2) is 9.57. The number of ether oxygens (including phenoxy) is 2. The van der Waals surface area contributed by atoms with Crippen LogP contribution in [0.15, 0.2) is 48.5 Å². The Bertz CT molecular complexity index is 659. The Morgan fingerprint density at radius 2 is 1.96 bits per heavy atom. The number of amides is 1. The maximum atomic E-state index is 12.1. The van der Waals surface area contributed by atoms with Gasteiger partial charge in [-0.25, -0.2) is 0 Å². The van der Waals surface area contributed by atoms with E-state index in [2.05, 4.69) is 5.32 Å². The lowest BCUT2D eigenvalue weighted by Crippen LogP contribution is -2.13. The van der Waals surface area contributed by atoms with Crippen LogP contribution in [0.1, 0.15) is 18.4 Å². The molecule has 0 fully saturated rings. The van der Waals surface area contributed by atoms with Crippen LogP contribution in [0.25, 0.3) is 0 Å². The van der Waals surface area contributed by atoms with Gasteiger partial charge >= 0.3 is 0 Å². The first-order valence-corrected chi connectivity index (χ1v) is 8.04. The Balaban J connectivity index is 1.82. The molecule has 0 spiro atoms. The van der Waals surface area contributed by atoms with Gasteiger partial charge in [0.1, 0.15) is 5.75 Å². The molecular weight excluding hydrogens is 304 g/mol. The molecule has 0 aliphatic carbocycles. The molecule has 2 rings (SSSR count). The summed E-state index contributed by atoms with van der Waals surface area (Å²) < 4.78 is 10.6. The summed E-state index contributed by atoms with van der Waals surface area (Å²) in [5.41, 5.74) is 8.33. The molecular formula is C19H24N2O3. The third kappa shape index (κ3) is 5.93. The number of rotatable bonds is 9. The number of carbonyl (C=O) groups excluding carboxylic acids is 1. The van der Waals surface area contributed by atoms with Crippen LogP contribution in [0.5, 0.6) is 5.75 Å². The first-order chi connectivity index (χ1) is 11.7. The molecule has 2 aromatic carbocycles. The zero-order chi connectivity index (χ0) is 17.2. The van der Waals surface area contributed by atoms with Crippen molar-refractivity contribution in [2.45, 2.75) is 19.3 Å². The molecule has 3 N–H and O–H groups in total. The predicted molar refractivity (Wildman–Crippen MR) is 96.2 cm³/mol. The number of carbonyl (C=O) groups is 1. The number of methoxy groups -OCH3 is 1. The van der Waals surface area contributed by atoms with Gasteiger partial charge in [0.05, 0.1) is 6.61 Å². The van der Waals surface area contributed by atoms with Crippen LogP contribution < -0.4 is 15.8 Å². The van der Waals surface area contributed by atoms with Crippen LogP contribution in [-0.4, -0.2) is 26.2 Å². The summed E-state index contributed by atoms with van der Waals surface area (Å²) in [6.07, 6.45) is 1.82. The van der Waals surface area contributed by atoms with E-state index in [1.54, 1.807) is 7.11 Å². The average Bonchev–Trinajstić information content (AvgIpc) is 2.58. The number of nitrogens with two attached hydrogens (primary N) is 1. The number of hydrogen-bond acceptors (Lipinski definition) is 4. The Morgan fingerprint density at radius 1 is 1.12 bits per heavy atom. The van der Waals surface area contributed by atoms with E-state index < -0.39 is 0 Å². The molecule has 0 aliphatic heterocycles. The molecule has 1 amide bonds. The minimum atomic E-state index is -0.0465. The highest BCUT2D eigenvalue weighted by Gasteiger charge is 2.06. The van der Waals surface area contributed by atoms with E-state index in [9.17, 15) is 4.79 Å². The molecule has 0 aromatic heterocycles. The van der Waals surface area contributed by atoms with Crippen LogP contribution in [0, 0.1) is 0 Å². The molecule has 0 radical (unpaired) electrons. The van der Waals surface area contributed by atoms with Crippen LogP contribution in [0.4, 0.5) is 11.4 Å². The highest BCUT2D eigenvalue weighted by molar-refractivity contribution is 5.91. The van der Waals surface area contributed by atoms with Crippen molar-refractivity contribution in [3.8, 4) is 5.75 Å². The highest BCUT2D eigenvalue weighted by atomic mass is 16.5. The molecule has 0 heterocycles. The molecule has 128 valence electrons. The fourth-order valence-corrected chi connectivity index (χ4v) is 2.29. The third-order valence-electron chi connectivity index (χ3n) is 3.56. The van der Waals surface area contributed by atoms with Gasteiger partial charge in [-0.3, -0.25) is 4.79 Å². The van der Waals surface area contributed by atoms with Gasteiger partial charge in [0.2, 0.25) is 5.91 Å². The van der Waals surface area contributed by atoms with E-state index in [0.717, 1.165) is 29.1 Å². The summed E-state index contributed by atoms with van der Waals surface area (Å²) in [5, 5.41) is 2.89. The highest BCUT2D eigenvalue weighted by Crippen LogP contribution is 2.18. The minimum Gasteiger partial charge on any atom is -0.493 e. The minimum absolute atomic E-state index is 0.0465. The number of hydrogen-bond donors (Lipinski definition) is 2. The van der Waals surface area contributed by atoms with E-state index >= 15 is 0 Å². The van der Waals surface area contributed by atoms with Crippen molar-refractivity contribution in [2.75, 3.05) is 31.4 Å².